The number of nitriles is 1. The fourth-order valence-electron chi connectivity index (χ4n) is 3.79. The zero-order chi connectivity index (χ0) is 24.2. The summed E-state index contributed by atoms with van der Waals surface area (Å²) in [6.45, 7) is 5.86. The zero-order valence-corrected chi connectivity index (χ0v) is 20.1. The first-order chi connectivity index (χ1) is 16.4. The second kappa shape index (κ2) is 9.98. The molecule has 1 fully saturated rings. The summed E-state index contributed by atoms with van der Waals surface area (Å²) in [5.41, 5.74) is 5.29. The number of para-hydroxylation sites is 1. The molecule has 0 saturated carbocycles. The number of anilines is 2. The number of aryl methyl sites for hydroxylation is 3. The van der Waals surface area contributed by atoms with Crippen molar-refractivity contribution >= 4 is 35.0 Å². The van der Waals surface area contributed by atoms with Crippen LogP contribution in [0, 0.1) is 32.1 Å². The summed E-state index contributed by atoms with van der Waals surface area (Å²) in [5, 5.41) is 12.8. The molecule has 0 unspecified atom stereocenters. The van der Waals surface area contributed by atoms with Crippen molar-refractivity contribution in [2.24, 2.45) is 0 Å². The number of carbonyl (C=O) groups excluding carboxylic acids is 2. The molecular weight excluding hydrogens is 442 g/mol. The highest BCUT2D eigenvalue weighted by molar-refractivity contribution is 8.05. The van der Waals surface area contributed by atoms with Crippen LogP contribution < -0.4 is 10.2 Å². The van der Waals surface area contributed by atoms with E-state index in [0.717, 1.165) is 22.3 Å². The van der Waals surface area contributed by atoms with E-state index in [1.165, 1.54) is 16.7 Å². The second-order valence-electron chi connectivity index (χ2n) is 8.37. The van der Waals surface area contributed by atoms with E-state index in [4.69, 9.17) is 0 Å². The largest absolute Gasteiger partial charge is 0.321 e. The first kappa shape index (κ1) is 23.3. The molecule has 1 aliphatic rings. The Balaban J connectivity index is 1.72. The van der Waals surface area contributed by atoms with Gasteiger partial charge in [0.1, 0.15) is 16.7 Å². The number of rotatable bonds is 5. The van der Waals surface area contributed by atoms with Crippen molar-refractivity contribution in [2.75, 3.05) is 10.2 Å². The summed E-state index contributed by atoms with van der Waals surface area (Å²) in [6.07, 6.45) is 0.508. The van der Waals surface area contributed by atoms with Crippen molar-refractivity contribution in [3.05, 3.63) is 106 Å². The summed E-state index contributed by atoms with van der Waals surface area (Å²) >= 11 is 1.27. The van der Waals surface area contributed by atoms with Crippen molar-refractivity contribution in [3.63, 3.8) is 0 Å². The lowest BCUT2D eigenvalue weighted by atomic mass is 10.1. The first-order valence-electron chi connectivity index (χ1n) is 11.0. The molecule has 5 nitrogen and oxygen atoms in total. The van der Waals surface area contributed by atoms with E-state index in [9.17, 15) is 14.9 Å². The van der Waals surface area contributed by atoms with Gasteiger partial charge in [0.05, 0.1) is 5.25 Å². The van der Waals surface area contributed by atoms with Gasteiger partial charge in [-0.3, -0.25) is 14.5 Å². The standard InChI is InChI=1S/C28H25N3O2S/c1-18-10-13-21(14-11-18)16-25-27(33)31(22-7-5-4-6-8-22)28(34-25)23(17-29)26(32)30-24-15-19(2)9-12-20(24)3/h4-15,25H,16H2,1-3H3,(H,30,32)/b28-23-/t25-/m0/s1. The van der Waals surface area contributed by atoms with Gasteiger partial charge in [0.2, 0.25) is 5.91 Å². The Bertz CT molecular complexity index is 1310. The summed E-state index contributed by atoms with van der Waals surface area (Å²) in [4.78, 5) is 28.3. The molecule has 3 aromatic rings. The smallest absolute Gasteiger partial charge is 0.269 e. The average molecular weight is 468 g/mol. The van der Waals surface area contributed by atoms with Crippen molar-refractivity contribution in [1.82, 2.24) is 0 Å². The molecule has 0 spiro atoms. The molecule has 1 aliphatic heterocycles. The number of nitrogens with one attached hydrogen (secondary N) is 1. The van der Waals surface area contributed by atoms with Gasteiger partial charge >= 0.3 is 0 Å². The Morgan fingerprint density at radius 1 is 1.00 bits per heavy atom. The molecule has 0 bridgehead atoms. The van der Waals surface area contributed by atoms with Crippen molar-refractivity contribution in [2.45, 2.75) is 32.4 Å². The van der Waals surface area contributed by atoms with Crippen LogP contribution in [-0.2, 0) is 16.0 Å². The van der Waals surface area contributed by atoms with Crippen molar-refractivity contribution in [1.29, 1.82) is 5.26 Å². The molecule has 0 aliphatic carbocycles. The third-order valence-electron chi connectivity index (χ3n) is 5.70. The molecular formula is C28H25N3O2S. The monoisotopic (exact) mass is 467 g/mol. The Morgan fingerprint density at radius 3 is 2.35 bits per heavy atom. The molecule has 6 heteroatoms. The van der Waals surface area contributed by atoms with Gasteiger partial charge in [-0.05, 0) is 62.1 Å². The van der Waals surface area contributed by atoms with E-state index in [2.05, 4.69) is 11.4 Å². The number of carbonyl (C=O) groups is 2. The van der Waals surface area contributed by atoms with Crippen molar-refractivity contribution in [3.8, 4) is 6.07 Å². The SMILES string of the molecule is Cc1ccc(C[C@@H]2S/C(=C(/C#N)C(=O)Nc3cc(C)ccc3C)N(c3ccccc3)C2=O)cc1. The predicted octanol–water partition coefficient (Wildman–Crippen LogP) is 5.68. The number of amides is 2. The maximum Gasteiger partial charge on any atom is 0.269 e. The molecule has 1 heterocycles. The average Bonchev–Trinajstić information content (AvgIpc) is 3.14. The molecule has 1 N–H and O–H groups in total. The van der Waals surface area contributed by atoms with E-state index in [1.54, 1.807) is 0 Å². The molecule has 1 saturated heterocycles. The van der Waals surface area contributed by atoms with Crippen LogP contribution >= 0.6 is 11.8 Å². The van der Waals surface area contributed by atoms with Crippen LogP contribution in [0.15, 0.2) is 83.4 Å². The van der Waals surface area contributed by atoms with E-state index in [0.29, 0.717) is 22.8 Å². The quantitative estimate of drug-likeness (QED) is 0.387. The third-order valence-corrected chi connectivity index (χ3v) is 6.97. The van der Waals surface area contributed by atoms with Gasteiger partial charge < -0.3 is 5.32 Å². The van der Waals surface area contributed by atoms with Gasteiger partial charge in [-0.2, -0.15) is 5.26 Å². The Morgan fingerprint density at radius 2 is 1.68 bits per heavy atom. The van der Waals surface area contributed by atoms with E-state index in [-0.39, 0.29) is 11.5 Å². The molecule has 170 valence electrons. The lowest BCUT2D eigenvalue weighted by Crippen LogP contribution is -2.30. The summed E-state index contributed by atoms with van der Waals surface area (Å²) < 4.78 is 0. The molecule has 3 aromatic carbocycles. The lowest BCUT2D eigenvalue weighted by molar-refractivity contribution is -0.117. The second-order valence-corrected chi connectivity index (χ2v) is 9.56. The van der Waals surface area contributed by atoms with Gasteiger partial charge in [0.25, 0.3) is 5.91 Å². The van der Waals surface area contributed by atoms with Gasteiger partial charge in [-0.25, -0.2) is 0 Å². The lowest BCUT2D eigenvalue weighted by Gasteiger charge is -2.19. The minimum Gasteiger partial charge on any atom is -0.321 e. The Hall–Kier alpha value is -3.82. The maximum absolute atomic E-state index is 13.5. The molecule has 0 aromatic heterocycles. The van der Waals surface area contributed by atoms with Gasteiger partial charge in [0, 0.05) is 11.4 Å². The number of thioether (sulfide) groups is 1. The number of benzene rings is 3. The molecule has 4 rings (SSSR count). The molecule has 1 atom stereocenters. The number of hydrogen-bond acceptors (Lipinski definition) is 4. The molecule has 0 radical (unpaired) electrons. The maximum atomic E-state index is 13.5. The van der Waals surface area contributed by atoms with Crippen LogP contribution in [0.5, 0.6) is 0 Å². The minimum atomic E-state index is -0.525. The number of hydrogen-bond donors (Lipinski definition) is 1. The fraction of sp³-hybridized carbons (Fsp3) is 0.179. The Kier molecular flexibility index (Phi) is 6.85. The van der Waals surface area contributed by atoms with Crippen molar-refractivity contribution < 1.29 is 9.59 Å². The minimum absolute atomic E-state index is 0.0745. The first-order valence-corrected chi connectivity index (χ1v) is 11.9. The van der Waals surface area contributed by atoms with E-state index >= 15 is 0 Å². The van der Waals surface area contributed by atoms with Gasteiger partial charge in [-0.15, -0.1) is 0 Å². The van der Waals surface area contributed by atoms with Crippen LogP contribution in [0.3, 0.4) is 0 Å². The highest BCUT2D eigenvalue weighted by atomic mass is 32.2. The van der Waals surface area contributed by atoms with Crippen LogP contribution in [0.2, 0.25) is 0 Å². The molecule has 34 heavy (non-hydrogen) atoms. The normalized spacial score (nSPS) is 16.8. The highest BCUT2D eigenvalue weighted by Crippen LogP contribution is 2.42. The van der Waals surface area contributed by atoms with Crippen LogP contribution in [0.25, 0.3) is 0 Å². The highest BCUT2D eigenvalue weighted by Gasteiger charge is 2.40. The predicted molar refractivity (Wildman–Crippen MR) is 137 cm³/mol. The zero-order valence-electron chi connectivity index (χ0n) is 19.3. The summed E-state index contributed by atoms with van der Waals surface area (Å²) in [6, 6.07) is 25.0. The van der Waals surface area contributed by atoms with E-state index < -0.39 is 11.2 Å². The summed E-state index contributed by atoms with van der Waals surface area (Å²) in [5.74, 6) is -0.664. The van der Waals surface area contributed by atoms with E-state index in [1.807, 2.05) is 93.6 Å². The van der Waals surface area contributed by atoms with Gasteiger partial charge in [-0.1, -0.05) is 71.9 Å². The molecule has 2 amide bonds. The van der Waals surface area contributed by atoms with Crippen LogP contribution in [0.1, 0.15) is 22.3 Å². The third kappa shape index (κ3) is 4.90. The fourth-order valence-corrected chi connectivity index (χ4v) is 5.10. The Labute approximate surface area is 204 Å². The van der Waals surface area contributed by atoms with Gasteiger partial charge in [0.15, 0.2) is 0 Å². The topological polar surface area (TPSA) is 73.2 Å². The summed E-state index contributed by atoms with van der Waals surface area (Å²) in [7, 11) is 0. The van der Waals surface area contributed by atoms with Crippen LogP contribution in [-0.4, -0.2) is 17.1 Å². The number of nitrogens with zero attached hydrogens (tertiary/aromatic N) is 2. The van der Waals surface area contributed by atoms with Crippen LogP contribution in [0.4, 0.5) is 11.4 Å².